The average Bonchev–Trinajstić information content (AvgIpc) is 2.79. The van der Waals surface area contributed by atoms with Crippen LogP contribution in [-0.2, 0) is 11.3 Å². The highest BCUT2D eigenvalue weighted by atomic mass is 79.9. The second-order valence-electron chi connectivity index (χ2n) is 7.46. The molecule has 0 atom stereocenters. The van der Waals surface area contributed by atoms with E-state index < -0.39 is 0 Å². The largest absolute Gasteiger partial charge is 0.487 e. The van der Waals surface area contributed by atoms with Crippen molar-refractivity contribution < 1.29 is 9.47 Å². The number of rotatable bonds is 6. The Kier molecular flexibility index (Phi) is 7.43. The van der Waals surface area contributed by atoms with Crippen molar-refractivity contribution in [3.63, 3.8) is 0 Å². The molecule has 0 amide bonds. The van der Waals surface area contributed by atoms with Gasteiger partial charge < -0.3 is 14.4 Å². The van der Waals surface area contributed by atoms with E-state index in [4.69, 9.17) is 9.47 Å². The fourth-order valence-corrected chi connectivity index (χ4v) is 4.80. The normalized spacial score (nSPS) is 14.2. The first-order valence-corrected chi connectivity index (χ1v) is 11.8. The van der Waals surface area contributed by atoms with Crippen LogP contribution in [0.4, 0.5) is 11.4 Å². The Morgan fingerprint density at radius 1 is 0.968 bits per heavy atom. The van der Waals surface area contributed by atoms with Crippen molar-refractivity contribution >= 4 is 49.4 Å². The summed E-state index contributed by atoms with van der Waals surface area (Å²) in [6.45, 7) is 6.03. The topological polar surface area (TPSA) is 34.1 Å². The number of hydrogen-bond acceptors (Lipinski definition) is 4. The zero-order valence-electron chi connectivity index (χ0n) is 17.4. The van der Waals surface area contributed by atoms with E-state index in [1.165, 1.54) is 11.3 Å². The van der Waals surface area contributed by atoms with Crippen LogP contribution in [0.2, 0.25) is 0 Å². The Morgan fingerprint density at radius 2 is 1.61 bits per heavy atom. The molecule has 0 aromatic heterocycles. The molecule has 4 rings (SSSR count). The van der Waals surface area contributed by atoms with Gasteiger partial charge in [-0.2, -0.15) is 0 Å². The van der Waals surface area contributed by atoms with Crippen molar-refractivity contribution in [3.05, 3.63) is 86.3 Å². The fourth-order valence-electron chi connectivity index (χ4n) is 3.35. The van der Waals surface area contributed by atoms with Crippen molar-refractivity contribution in [3.8, 4) is 5.75 Å². The van der Waals surface area contributed by atoms with E-state index in [2.05, 4.69) is 85.1 Å². The number of nitrogens with zero attached hydrogens (tertiary/aromatic N) is 2. The van der Waals surface area contributed by atoms with Gasteiger partial charge in [-0.25, -0.2) is 0 Å². The SMILES string of the molecule is Cc1ccc(COc2c(Br)cc(C=Nc3ccc(N4CCOCC4)cc3)cc2Br)cc1. The summed E-state index contributed by atoms with van der Waals surface area (Å²) < 4.78 is 13.2. The molecule has 31 heavy (non-hydrogen) atoms. The van der Waals surface area contributed by atoms with Gasteiger partial charge in [0.1, 0.15) is 12.4 Å². The maximum Gasteiger partial charge on any atom is 0.148 e. The molecule has 0 spiro atoms. The van der Waals surface area contributed by atoms with Crippen LogP contribution in [0.5, 0.6) is 5.75 Å². The average molecular weight is 544 g/mol. The summed E-state index contributed by atoms with van der Waals surface area (Å²) in [6, 6.07) is 20.7. The molecule has 0 N–H and O–H groups in total. The molecular formula is C25H24Br2N2O2. The lowest BCUT2D eigenvalue weighted by Crippen LogP contribution is -2.36. The Balaban J connectivity index is 1.41. The lowest BCUT2D eigenvalue weighted by molar-refractivity contribution is 0.122. The quantitative estimate of drug-likeness (QED) is 0.325. The van der Waals surface area contributed by atoms with Gasteiger partial charge in [0.05, 0.1) is 27.8 Å². The monoisotopic (exact) mass is 542 g/mol. The summed E-state index contributed by atoms with van der Waals surface area (Å²) >= 11 is 7.26. The molecule has 1 fully saturated rings. The number of ether oxygens (including phenoxy) is 2. The first-order chi connectivity index (χ1) is 15.1. The minimum Gasteiger partial charge on any atom is -0.487 e. The summed E-state index contributed by atoms with van der Waals surface area (Å²) in [5.74, 6) is 0.785. The van der Waals surface area contributed by atoms with E-state index in [1.54, 1.807) is 0 Å². The molecule has 1 aliphatic heterocycles. The lowest BCUT2D eigenvalue weighted by Gasteiger charge is -2.28. The van der Waals surface area contributed by atoms with Crippen LogP contribution < -0.4 is 9.64 Å². The van der Waals surface area contributed by atoms with Crippen molar-refractivity contribution in [1.29, 1.82) is 0 Å². The predicted molar refractivity (Wildman–Crippen MR) is 134 cm³/mol. The van der Waals surface area contributed by atoms with Gasteiger partial charge in [0.25, 0.3) is 0 Å². The number of benzene rings is 3. The van der Waals surface area contributed by atoms with Crippen LogP contribution in [0.15, 0.2) is 74.6 Å². The molecule has 6 heteroatoms. The molecule has 1 aliphatic rings. The Hall–Kier alpha value is -2.15. The van der Waals surface area contributed by atoms with E-state index in [0.29, 0.717) is 6.61 Å². The Bertz CT molecular complexity index is 1020. The standard InChI is InChI=1S/C25H24Br2N2O2/c1-18-2-4-19(5-3-18)17-31-25-23(26)14-20(15-24(25)27)16-28-21-6-8-22(9-7-21)29-10-12-30-13-11-29/h2-9,14-16H,10-13,17H2,1H3. The van der Waals surface area contributed by atoms with Gasteiger partial charge in [0.15, 0.2) is 0 Å². The van der Waals surface area contributed by atoms with E-state index in [9.17, 15) is 0 Å². The zero-order valence-corrected chi connectivity index (χ0v) is 20.5. The number of morpholine rings is 1. The smallest absolute Gasteiger partial charge is 0.148 e. The summed E-state index contributed by atoms with van der Waals surface area (Å²) in [5, 5.41) is 0. The third kappa shape index (κ3) is 5.97. The highest BCUT2D eigenvalue weighted by Crippen LogP contribution is 2.35. The van der Waals surface area contributed by atoms with E-state index >= 15 is 0 Å². The molecule has 0 radical (unpaired) electrons. The van der Waals surface area contributed by atoms with Crippen LogP contribution >= 0.6 is 31.9 Å². The molecular weight excluding hydrogens is 520 g/mol. The third-order valence-corrected chi connectivity index (χ3v) is 6.29. The van der Waals surface area contributed by atoms with Crippen LogP contribution in [-0.4, -0.2) is 32.5 Å². The fraction of sp³-hybridized carbons (Fsp3) is 0.240. The first kappa shape index (κ1) is 22.1. The Labute approximate surface area is 200 Å². The molecule has 1 heterocycles. The summed E-state index contributed by atoms with van der Waals surface area (Å²) in [4.78, 5) is 6.96. The summed E-state index contributed by atoms with van der Waals surface area (Å²) in [7, 11) is 0. The van der Waals surface area contributed by atoms with Gasteiger partial charge in [-0.15, -0.1) is 0 Å². The first-order valence-electron chi connectivity index (χ1n) is 10.2. The van der Waals surface area contributed by atoms with Crippen LogP contribution in [0.1, 0.15) is 16.7 Å². The lowest BCUT2D eigenvalue weighted by atomic mass is 10.2. The number of hydrogen-bond donors (Lipinski definition) is 0. The number of anilines is 1. The number of halogens is 2. The molecule has 0 bridgehead atoms. The van der Waals surface area contributed by atoms with Crippen molar-refractivity contribution in [2.24, 2.45) is 4.99 Å². The minimum atomic E-state index is 0.514. The molecule has 3 aromatic carbocycles. The highest BCUT2D eigenvalue weighted by molar-refractivity contribution is 9.11. The summed E-state index contributed by atoms with van der Waals surface area (Å²) in [6.07, 6.45) is 1.86. The zero-order chi connectivity index (χ0) is 21.6. The van der Waals surface area contributed by atoms with Crippen molar-refractivity contribution in [1.82, 2.24) is 0 Å². The van der Waals surface area contributed by atoms with Crippen LogP contribution in [0, 0.1) is 6.92 Å². The third-order valence-electron chi connectivity index (χ3n) is 5.11. The van der Waals surface area contributed by atoms with E-state index in [1.807, 2.05) is 30.5 Å². The maximum absolute atomic E-state index is 6.03. The van der Waals surface area contributed by atoms with Crippen molar-refractivity contribution in [2.45, 2.75) is 13.5 Å². The second kappa shape index (κ2) is 10.4. The van der Waals surface area contributed by atoms with Gasteiger partial charge in [0.2, 0.25) is 0 Å². The molecule has 0 unspecified atom stereocenters. The second-order valence-corrected chi connectivity index (χ2v) is 9.17. The van der Waals surface area contributed by atoms with Crippen LogP contribution in [0.3, 0.4) is 0 Å². The van der Waals surface area contributed by atoms with Gasteiger partial charge in [-0.05, 0) is 86.3 Å². The molecule has 0 saturated carbocycles. The van der Waals surface area contributed by atoms with Gasteiger partial charge >= 0.3 is 0 Å². The van der Waals surface area contributed by atoms with E-state index in [-0.39, 0.29) is 0 Å². The maximum atomic E-state index is 6.03. The molecule has 4 nitrogen and oxygen atoms in total. The molecule has 160 valence electrons. The molecule has 0 aliphatic carbocycles. The predicted octanol–water partition coefficient (Wildman–Crippen LogP) is 6.69. The molecule has 1 saturated heterocycles. The number of aliphatic imine (C=N–C) groups is 1. The molecule has 3 aromatic rings. The van der Waals surface area contributed by atoms with E-state index in [0.717, 1.165) is 57.8 Å². The summed E-state index contributed by atoms with van der Waals surface area (Å²) in [5.41, 5.74) is 5.49. The minimum absolute atomic E-state index is 0.514. The van der Waals surface area contributed by atoms with Gasteiger partial charge in [-0.3, -0.25) is 4.99 Å². The van der Waals surface area contributed by atoms with Gasteiger partial charge in [0, 0.05) is 25.0 Å². The van der Waals surface area contributed by atoms with Crippen LogP contribution in [0.25, 0.3) is 0 Å². The highest BCUT2D eigenvalue weighted by Gasteiger charge is 2.11. The van der Waals surface area contributed by atoms with Crippen molar-refractivity contribution in [2.75, 3.05) is 31.2 Å². The Morgan fingerprint density at radius 3 is 2.26 bits per heavy atom. The number of aryl methyl sites for hydroxylation is 1. The van der Waals surface area contributed by atoms with Gasteiger partial charge in [-0.1, -0.05) is 29.8 Å².